The van der Waals surface area contributed by atoms with E-state index in [4.69, 9.17) is 9.47 Å². The highest BCUT2D eigenvalue weighted by molar-refractivity contribution is 5.82. The zero-order valence-corrected chi connectivity index (χ0v) is 9.80. The summed E-state index contributed by atoms with van der Waals surface area (Å²) < 4.78 is 9.90. The van der Waals surface area contributed by atoms with Crippen molar-refractivity contribution in [2.24, 2.45) is 0 Å². The molecule has 0 bridgehead atoms. The van der Waals surface area contributed by atoms with E-state index in [2.05, 4.69) is 0 Å². The summed E-state index contributed by atoms with van der Waals surface area (Å²) in [5, 5.41) is 0. The summed E-state index contributed by atoms with van der Waals surface area (Å²) >= 11 is 0. The van der Waals surface area contributed by atoms with Crippen molar-refractivity contribution in [2.75, 3.05) is 13.7 Å². The minimum atomic E-state index is -0.710. The van der Waals surface area contributed by atoms with E-state index >= 15 is 0 Å². The summed E-state index contributed by atoms with van der Waals surface area (Å²) in [6.07, 6.45) is 1.15. The fourth-order valence-corrected chi connectivity index (χ4v) is 1.41. The molecule has 1 atom stereocenters. The Morgan fingerprint density at radius 2 is 2.06 bits per heavy atom. The molecule has 0 spiro atoms. The van der Waals surface area contributed by atoms with Crippen LogP contribution in [0.2, 0.25) is 0 Å². The summed E-state index contributed by atoms with van der Waals surface area (Å²) in [6.45, 7) is 1.99. The van der Waals surface area contributed by atoms with Gasteiger partial charge in [0.2, 0.25) is 0 Å². The van der Waals surface area contributed by atoms with Crippen molar-refractivity contribution >= 4 is 11.9 Å². The van der Waals surface area contributed by atoms with E-state index in [9.17, 15) is 9.59 Å². The van der Waals surface area contributed by atoms with Crippen LogP contribution in [0.4, 0.5) is 0 Å². The van der Waals surface area contributed by atoms with Gasteiger partial charge in [0, 0.05) is 6.08 Å². The van der Waals surface area contributed by atoms with Crippen LogP contribution in [0, 0.1) is 0 Å². The Balaban J connectivity index is 2.96. The molecule has 1 aromatic carbocycles. The van der Waals surface area contributed by atoms with E-state index in [0.717, 1.165) is 6.08 Å². The first-order valence-corrected chi connectivity index (χ1v) is 5.24. The highest BCUT2D eigenvalue weighted by atomic mass is 16.5. The second kappa shape index (κ2) is 6.51. The van der Waals surface area contributed by atoms with Crippen LogP contribution >= 0.6 is 0 Å². The third-order valence-electron chi connectivity index (χ3n) is 2.25. The van der Waals surface area contributed by atoms with Gasteiger partial charge < -0.3 is 9.47 Å². The van der Waals surface area contributed by atoms with Gasteiger partial charge in [-0.05, 0) is 24.6 Å². The van der Waals surface area contributed by atoms with Gasteiger partial charge in [-0.1, -0.05) is 12.1 Å². The second-order valence-corrected chi connectivity index (χ2v) is 3.29. The third-order valence-corrected chi connectivity index (χ3v) is 2.25. The third kappa shape index (κ3) is 3.47. The van der Waals surface area contributed by atoms with Crippen molar-refractivity contribution < 1.29 is 19.1 Å². The number of benzene rings is 1. The van der Waals surface area contributed by atoms with Gasteiger partial charge in [-0.2, -0.15) is 0 Å². The van der Waals surface area contributed by atoms with E-state index in [1.54, 1.807) is 44.2 Å². The lowest BCUT2D eigenvalue weighted by molar-refractivity contribution is -0.143. The van der Waals surface area contributed by atoms with Gasteiger partial charge in [0.05, 0.1) is 13.7 Å². The van der Waals surface area contributed by atoms with E-state index in [1.165, 1.54) is 0 Å². The van der Waals surface area contributed by atoms with E-state index in [0.29, 0.717) is 11.3 Å². The van der Waals surface area contributed by atoms with Crippen LogP contribution in [0.5, 0.6) is 5.75 Å². The zero-order chi connectivity index (χ0) is 12.7. The normalized spacial score (nSPS) is 11.2. The monoisotopic (exact) mass is 234 g/mol. The fraction of sp³-hybridized carbons (Fsp3) is 0.308. The molecule has 1 rings (SSSR count). The van der Waals surface area contributed by atoms with Crippen LogP contribution in [0.1, 0.15) is 18.4 Å². The highest BCUT2D eigenvalue weighted by Gasteiger charge is 2.19. The lowest BCUT2D eigenvalue weighted by Crippen LogP contribution is -2.14. The van der Waals surface area contributed by atoms with Gasteiger partial charge in [-0.15, -0.1) is 0 Å². The number of hydrogen-bond donors (Lipinski definition) is 0. The maximum Gasteiger partial charge on any atom is 0.318 e. The van der Waals surface area contributed by atoms with E-state index < -0.39 is 11.9 Å². The number of hydrogen-bond acceptors (Lipinski definition) is 4. The molecule has 0 amide bonds. The largest absolute Gasteiger partial charge is 0.497 e. The second-order valence-electron chi connectivity index (χ2n) is 3.29. The summed E-state index contributed by atoms with van der Waals surface area (Å²) in [4.78, 5) is 22.0. The molecule has 90 valence electrons. The predicted molar refractivity (Wildman–Crippen MR) is 62.6 cm³/mol. The summed E-state index contributed by atoms with van der Waals surface area (Å²) in [5.41, 5.74) is 0.674. The maximum atomic E-state index is 11.6. The Labute approximate surface area is 99.8 Å². The molecule has 0 saturated heterocycles. The molecule has 4 nitrogen and oxygen atoms in total. The molecular formula is C13H14O4. The summed E-state index contributed by atoms with van der Waals surface area (Å²) in [5.74, 6) is 1.15. The molecule has 0 aliphatic rings. The lowest BCUT2D eigenvalue weighted by atomic mass is 9.99. The average Bonchev–Trinajstić information content (AvgIpc) is 2.36. The first-order valence-electron chi connectivity index (χ1n) is 5.24. The quantitative estimate of drug-likeness (QED) is 0.575. The molecule has 0 N–H and O–H groups in total. The molecule has 4 heteroatoms. The van der Waals surface area contributed by atoms with Gasteiger partial charge in [-0.3, -0.25) is 4.79 Å². The number of carbonyl (C=O) groups excluding carboxylic acids is 2. The van der Waals surface area contributed by atoms with Crippen molar-refractivity contribution in [1.29, 1.82) is 0 Å². The molecule has 0 heterocycles. The van der Waals surface area contributed by atoms with Crippen molar-refractivity contribution in [2.45, 2.75) is 12.8 Å². The molecule has 0 aliphatic heterocycles. The number of carbonyl (C=O) groups is 1. The molecule has 0 aliphatic carbocycles. The first kappa shape index (κ1) is 13.0. The Morgan fingerprint density at radius 1 is 1.41 bits per heavy atom. The molecule has 1 aromatic rings. The highest BCUT2D eigenvalue weighted by Crippen LogP contribution is 2.21. The van der Waals surface area contributed by atoms with Crippen molar-refractivity contribution in [3.8, 4) is 5.75 Å². The first-order chi connectivity index (χ1) is 8.22. The van der Waals surface area contributed by atoms with Crippen LogP contribution in [0.15, 0.2) is 30.3 Å². The number of methoxy groups -OCH3 is 1. The molecule has 17 heavy (non-hydrogen) atoms. The van der Waals surface area contributed by atoms with Crippen molar-refractivity contribution in [3.63, 3.8) is 0 Å². The minimum Gasteiger partial charge on any atom is -0.497 e. The van der Waals surface area contributed by atoms with Gasteiger partial charge >= 0.3 is 5.97 Å². The molecule has 0 saturated carbocycles. The molecule has 0 aromatic heterocycles. The number of ether oxygens (including phenoxy) is 2. The fourth-order valence-electron chi connectivity index (χ4n) is 1.41. The Kier molecular flexibility index (Phi) is 4.98. The summed E-state index contributed by atoms with van der Waals surface area (Å²) in [6, 6.07) is 6.88. The lowest BCUT2D eigenvalue weighted by Gasteiger charge is -2.11. The Morgan fingerprint density at radius 3 is 2.53 bits per heavy atom. The van der Waals surface area contributed by atoms with Gasteiger partial charge in [-0.25, -0.2) is 4.79 Å². The maximum absolute atomic E-state index is 11.6. The smallest absolute Gasteiger partial charge is 0.318 e. The average molecular weight is 234 g/mol. The van der Waals surface area contributed by atoms with Crippen LogP contribution in [-0.4, -0.2) is 25.6 Å². The van der Waals surface area contributed by atoms with Crippen LogP contribution in [0.3, 0.4) is 0 Å². The molecule has 1 unspecified atom stereocenters. The van der Waals surface area contributed by atoms with Gasteiger partial charge in [0.25, 0.3) is 0 Å². The Hall–Kier alpha value is -2.06. The van der Waals surface area contributed by atoms with E-state index in [-0.39, 0.29) is 6.61 Å². The number of rotatable bonds is 5. The van der Waals surface area contributed by atoms with Crippen LogP contribution < -0.4 is 4.74 Å². The van der Waals surface area contributed by atoms with Crippen molar-refractivity contribution in [3.05, 3.63) is 35.9 Å². The zero-order valence-electron chi connectivity index (χ0n) is 9.80. The van der Waals surface area contributed by atoms with Gasteiger partial charge in [0.15, 0.2) is 0 Å². The Bertz CT molecular complexity index is 416. The molecule has 0 fully saturated rings. The topological polar surface area (TPSA) is 52.6 Å². The van der Waals surface area contributed by atoms with Crippen LogP contribution in [0.25, 0.3) is 0 Å². The predicted octanol–water partition coefficient (Wildman–Crippen LogP) is 1.73. The molecule has 0 radical (unpaired) electrons. The number of esters is 1. The minimum absolute atomic E-state index is 0.276. The summed E-state index contributed by atoms with van der Waals surface area (Å²) in [7, 11) is 1.56. The molecular weight excluding hydrogens is 220 g/mol. The van der Waals surface area contributed by atoms with Crippen molar-refractivity contribution in [1.82, 2.24) is 0 Å². The SMILES string of the molecule is CCOC(=O)C(C=C=O)c1ccc(OC)cc1. The van der Waals surface area contributed by atoms with Gasteiger partial charge in [0.1, 0.15) is 17.6 Å². The standard InChI is InChI=1S/C13H14O4/c1-3-17-13(15)12(8-9-14)10-4-6-11(16-2)7-5-10/h4-8,12H,3H2,1-2H3. The van der Waals surface area contributed by atoms with E-state index in [1.807, 2.05) is 0 Å². The van der Waals surface area contributed by atoms with Crippen LogP contribution in [-0.2, 0) is 14.3 Å².